The lowest BCUT2D eigenvalue weighted by molar-refractivity contribution is -0.702. The average molecular weight is 166 g/mol. The molecule has 0 bridgehead atoms. The van der Waals surface area contributed by atoms with Gasteiger partial charge in [0.2, 0.25) is 0 Å². The van der Waals surface area contributed by atoms with Crippen molar-refractivity contribution in [3.63, 3.8) is 0 Å². The quantitative estimate of drug-likeness (QED) is 0.655. The minimum atomic E-state index is 0.243. The van der Waals surface area contributed by atoms with Crippen LogP contribution < -0.4 is 5.32 Å². The molecule has 0 heterocycles. The second-order valence-electron chi connectivity index (χ2n) is 3.09. The van der Waals surface area contributed by atoms with Crippen LogP contribution in [0.5, 0.6) is 0 Å². The highest BCUT2D eigenvalue weighted by atomic mass is 16.3. The maximum absolute atomic E-state index is 8.78. The van der Waals surface area contributed by atoms with Crippen molar-refractivity contribution in [2.75, 3.05) is 6.61 Å². The minimum Gasteiger partial charge on any atom is -0.390 e. The van der Waals surface area contributed by atoms with Crippen molar-refractivity contribution in [3.8, 4) is 0 Å². The van der Waals surface area contributed by atoms with E-state index in [0.29, 0.717) is 6.04 Å². The summed E-state index contributed by atoms with van der Waals surface area (Å²) in [6.45, 7) is 3.21. The molecule has 1 aromatic rings. The van der Waals surface area contributed by atoms with Crippen LogP contribution in [0.2, 0.25) is 0 Å². The van der Waals surface area contributed by atoms with Crippen LogP contribution in [0.25, 0.3) is 0 Å². The fourth-order valence-corrected chi connectivity index (χ4v) is 1.03. The summed E-state index contributed by atoms with van der Waals surface area (Å²) in [5.74, 6) is 0. The third-order valence-corrected chi connectivity index (χ3v) is 1.89. The molecule has 0 unspecified atom stereocenters. The van der Waals surface area contributed by atoms with E-state index in [1.165, 1.54) is 5.56 Å². The number of rotatable bonds is 4. The van der Waals surface area contributed by atoms with Crippen molar-refractivity contribution >= 4 is 0 Å². The van der Waals surface area contributed by atoms with Crippen LogP contribution in [0.1, 0.15) is 12.5 Å². The minimum absolute atomic E-state index is 0.243. The molecule has 1 aromatic carbocycles. The standard InChI is InChI=1S/C10H15NO/c1-9(8-12)11-7-10-5-3-2-4-6-10/h2-6,9,11-12H,7-8H2,1H3/p+1/t9-/m0/s1. The van der Waals surface area contributed by atoms with Gasteiger partial charge in [-0.3, -0.25) is 0 Å². The Hall–Kier alpha value is -0.860. The van der Waals surface area contributed by atoms with E-state index in [0.717, 1.165) is 6.54 Å². The molecule has 0 aliphatic rings. The predicted octanol–water partition coefficient (Wildman–Crippen LogP) is 0.131. The third-order valence-electron chi connectivity index (χ3n) is 1.89. The number of nitrogens with two attached hydrogens (primary N) is 1. The zero-order valence-corrected chi connectivity index (χ0v) is 7.40. The van der Waals surface area contributed by atoms with Crippen LogP contribution >= 0.6 is 0 Å². The van der Waals surface area contributed by atoms with Crippen LogP contribution in [0.3, 0.4) is 0 Å². The molecule has 1 atom stereocenters. The molecule has 0 aliphatic heterocycles. The van der Waals surface area contributed by atoms with Crippen LogP contribution in [0, 0.1) is 0 Å². The van der Waals surface area contributed by atoms with E-state index in [1.807, 2.05) is 25.1 Å². The SMILES string of the molecule is C[C@@H](CO)[NH2+]Cc1ccccc1. The molecule has 0 saturated carbocycles. The molecule has 66 valence electrons. The van der Waals surface area contributed by atoms with Crippen molar-refractivity contribution in [2.24, 2.45) is 0 Å². The zero-order chi connectivity index (χ0) is 8.81. The Morgan fingerprint density at radius 3 is 2.58 bits per heavy atom. The molecule has 1 rings (SSSR count). The van der Waals surface area contributed by atoms with Gasteiger partial charge in [-0.1, -0.05) is 30.3 Å². The Labute approximate surface area is 73.2 Å². The van der Waals surface area contributed by atoms with Gasteiger partial charge < -0.3 is 10.4 Å². The summed E-state index contributed by atoms with van der Waals surface area (Å²) in [4.78, 5) is 0. The highest BCUT2D eigenvalue weighted by Crippen LogP contribution is 1.94. The van der Waals surface area contributed by atoms with Crippen LogP contribution in [-0.4, -0.2) is 17.8 Å². The lowest BCUT2D eigenvalue weighted by atomic mass is 10.2. The van der Waals surface area contributed by atoms with Gasteiger partial charge in [0.05, 0.1) is 6.61 Å². The van der Waals surface area contributed by atoms with Gasteiger partial charge in [0.15, 0.2) is 0 Å². The zero-order valence-electron chi connectivity index (χ0n) is 7.40. The van der Waals surface area contributed by atoms with Crippen molar-refractivity contribution in [1.82, 2.24) is 0 Å². The fourth-order valence-electron chi connectivity index (χ4n) is 1.03. The van der Waals surface area contributed by atoms with E-state index in [1.54, 1.807) is 0 Å². The monoisotopic (exact) mass is 166 g/mol. The molecule has 0 aliphatic carbocycles. The summed E-state index contributed by atoms with van der Waals surface area (Å²) >= 11 is 0. The second-order valence-corrected chi connectivity index (χ2v) is 3.09. The molecule has 2 nitrogen and oxygen atoms in total. The van der Waals surface area contributed by atoms with Gasteiger partial charge in [0, 0.05) is 5.56 Å². The second kappa shape index (κ2) is 4.91. The summed E-state index contributed by atoms with van der Waals surface area (Å²) in [6, 6.07) is 10.6. The number of aliphatic hydroxyl groups is 1. The van der Waals surface area contributed by atoms with E-state index in [4.69, 9.17) is 5.11 Å². The van der Waals surface area contributed by atoms with Crippen molar-refractivity contribution in [3.05, 3.63) is 35.9 Å². The number of hydrogen-bond acceptors (Lipinski definition) is 1. The first-order valence-corrected chi connectivity index (χ1v) is 4.31. The molecule has 0 radical (unpaired) electrons. The smallest absolute Gasteiger partial charge is 0.107 e. The van der Waals surface area contributed by atoms with E-state index in [9.17, 15) is 0 Å². The molecule has 2 heteroatoms. The van der Waals surface area contributed by atoms with Crippen molar-refractivity contribution < 1.29 is 10.4 Å². The van der Waals surface area contributed by atoms with Gasteiger partial charge in [-0.2, -0.15) is 0 Å². The third kappa shape index (κ3) is 3.03. The van der Waals surface area contributed by atoms with Gasteiger partial charge in [0.1, 0.15) is 12.6 Å². The average Bonchev–Trinajstić information content (AvgIpc) is 2.16. The molecule has 0 saturated heterocycles. The molecular formula is C10H16NO+. The highest BCUT2D eigenvalue weighted by Gasteiger charge is 2.01. The number of benzene rings is 1. The first-order chi connectivity index (χ1) is 5.83. The Balaban J connectivity index is 2.33. The summed E-state index contributed by atoms with van der Waals surface area (Å²) in [6.07, 6.45) is 0. The van der Waals surface area contributed by atoms with E-state index < -0.39 is 0 Å². The maximum atomic E-state index is 8.78. The molecular weight excluding hydrogens is 150 g/mol. The lowest BCUT2D eigenvalue weighted by Gasteiger charge is -2.06. The predicted molar refractivity (Wildman–Crippen MR) is 48.6 cm³/mol. The Morgan fingerprint density at radius 2 is 2.00 bits per heavy atom. The molecule has 0 fully saturated rings. The van der Waals surface area contributed by atoms with Gasteiger partial charge in [-0.15, -0.1) is 0 Å². The van der Waals surface area contributed by atoms with Crippen LogP contribution in [0.4, 0.5) is 0 Å². The van der Waals surface area contributed by atoms with Gasteiger partial charge >= 0.3 is 0 Å². The first kappa shape index (κ1) is 9.23. The van der Waals surface area contributed by atoms with Crippen molar-refractivity contribution in [2.45, 2.75) is 19.5 Å². The topological polar surface area (TPSA) is 36.8 Å². The number of aliphatic hydroxyl groups excluding tert-OH is 1. The highest BCUT2D eigenvalue weighted by molar-refractivity contribution is 5.12. The molecule has 0 amide bonds. The van der Waals surface area contributed by atoms with Gasteiger partial charge in [0.25, 0.3) is 0 Å². The Bertz CT molecular complexity index is 210. The van der Waals surface area contributed by atoms with E-state index >= 15 is 0 Å². The molecule has 0 aromatic heterocycles. The van der Waals surface area contributed by atoms with Crippen molar-refractivity contribution in [1.29, 1.82) is 0 Å². The lowest BCUT2D eigenvalue weighted by Crippen LogP contribution is -2.88. The van der Waals surface area contributed by atoms with E-state index in [-0.39, 0.29) is 6.61 Å². The Kier molecular flexibility index (Phi) is 3.77. The summed E-state index contributed by atoms with van der Waals surface area (Å²) in [5.41, 5.74) is 1.30. The summed E-state index contributed by atoms with van der Waals surface area (Å²) < 4.78 is 0. The fraction of sp³-hybridized carbons (Fsp3) is 0.400. The number of quaternary nitrogens is 1. The van der Waals surface area contributed by atoms with Gasteiger partial charge in [-0.05, 0) is 6.92 Å². The number of hydrogen-bond donors (Lipinski definition) is 2. The van der Waals surface area contributed by atoms with Gasteiger partial charge in [-0.25, -0.2) is 0 Å². The summed E-state index contributed by atoms with van der Waals surface area (Å²) in [7, 11) is 0. The molecule has 0 spiro atoms. The maximum Gasteiger partial charge on any atom is 0.107 e. The Morgan fingerprint density at radius 1 is 1.33 bits per heavy atom. The molecule has 3 N–H and O–H groups in total. The molecule has 12 heavy (non-hydrogen) atoms. The normalized spacial score (nSPS) is 12.8. The first-order valence-electron chi connectivity index (χ1n) is 4.31. The van der Waals surface area contributed by atoms with Crippen LogP contribution in [-0.2, 0) is 6.54 Å². The largest absolute Gasteiger partial charge is 0.390 e. The van der Waals surface area contributed by atoms with E-state index in [2.05, 4.69) is 17.4 Å². The summed E-state index contributed by atoms with van der Waals surface area (Å²) in [5, 5.41) is 10.9. The van der Waals surface area contributed by atoms with Crippen LogP contribution in [0.15, 0.2) is 30.3 Å².